The molecule has 0 amide bonds. The highest BCUT2D eigenvalue weighted by Crippen LogP contribution is 2.30. The molecule has 0 spiro atoms. The highest BCUT2D eigenvalue weighted by atomic mass is 32.2. The summed E-state index contributed by atoms with van der Waals surface area (Å²) in [7, 11) is -3.69. The van der Waals surface area contributed by atoms with Crippen LogP contribution in [0.4, 0.5) is 0 Å². The molecule has 2 heterocycles. The summed E-state index contributed by atoms with van der Waals surface area (Å²) in [5, 5.41) is 6.49. The molecule has 148 valence electrons. The van der Waals surface area contributed by atoms with Crippen molar-refractivity contribution in [2.75, 3.05) is 6.54 Å². The Hall–Kier alpha value is -2.74. The Labute approximate surface area is 174 Å². The molecule has 4 aromatic rings. The van der Waals surface area contributed by atoms with E-state index in [4.69, 9.17) is 0 Å². The van der Waals surface area contributed by atoms with Crippen LogP contribution >= 0.6 is 11.3 Å². The van der Waals surface area contributed by atoms with Crippen molar-refractivity contribution < 1.29 is 8.42 Å². The smallest absolute Gasteiger partial charge is 0.239 e. The number of nitrogens with zero attached hydrogens (tertiary/aromatic N) is 2. The largest absolute Gasteiger partial charge is 0.244 e. The first-order valence-corrected chi connectivity index (χ1v) is 11.7. The second-order valence-electron chi connectivity index (χ2n) is 6.59. The van der Waals surface area contributed by atoms with Crippen molar-refractivity contribution in [3.63, 3.8) is 0 Å². The fraction of sp³-hybridized carbons (Fsp3) is 0.136. The molecule has 0 saturated carbocycles. The summed E-state index contributed by atoms with van der Waals surface area (Å²) in [5.74, 6) is 0. The number of nitrogens with one attached hydrogen (secondary N) is 1. The monoisotopic (exact) mass is 423 g/mol. The van der Waals surface area contributed by atoms with E-state index in [0.29, 0.717) is 12.2 Å². The Kier molecular flexibility index (Phi) is 5.89. The first-order valence-electron chi connectivity index (χ1n) is 9.36. The van der Waals surface area contributed by atoms with E-state index in [9.17, 15) is 8.42 Å². The van der Waals surface area contributed by atoms with Crippen LogP contribution < -0.4 is 4.72 Å². The van der Waals surface area contributed by atoms with Gasteiger partial charge in [-0.1, -0.05) is 54.6 Å². The molecule has 0 aliphatic rings. The molecule has 4 rings (SSSR count). The molecule has 29 heavy (non-hydrogen) atoms. The number of aryl methyl sites for hydroxylation is 1. The zero-order valence-electron chi connectivity index (χ0n) is 15.7. The fourth-order valence-electron chi connectivity index (χ4n) is 3.07. The van der Waals surface area contributed by atoms with Crippen LogP contribution in [0.25, 0.3) is 16.3 Å². The van der Waals surface area contributed by atoms with Crippen LogP contribution in [0, 0.1) is 0 Å². The lowest BCUT2D eigenvalue weighted by Gasteiger charge is -2.06. The van der Waals surface area contributed by atoms with Gasteiger partial charge in [0.05, 0.1) is 16.8 Å². The van der Waals surface area contributed by atoms with Crippen LogP contribution in [0.15, 0.2) is 89.3 Å². The number of benzene rings is 2. The lowest BCUT2D eigenvalue weighted by molar-refractivity contribution is 0.579. The molecule has 1 N–H and O–H groups in total. The van der Waals surface area contributed by atoms with E-state index < -0.39 is 10.0 Å². The van der Waals surface area contributed by atoms with Gasteiger partial charge in [-0.3, -0.25) is 0 Å². The lowest BCUT2D eigenvalue weighted by Crippen LogP contribution is -2.25. The molecular formula is C22H21N3O2S2. The zero-order chi connectivity index (χ0) is 20.1. The maximum Gasteiger partial charge on any atom is 0.244 e. The lowest BCUT2D eigenvalue weighted by atomic mass is 10.1. The van der Waals surface area contributed by atoms with Crippen molar-refractivity contribution in [1.82, 2.24) is 14.5 Å². The summed E-state index contributed by atoms with van der Waals surface area (Å²) >= 11 is 1.47. The second-order valence-corrected chi connectivity index (χ2v) is 9.27. The van der Waals surface area contributed by atoms with Crippen LogP contribution in [0.5, 0.6) is 0 Å². The van der Waals surface area contributed by atoms with Gasteiger partial charge in [0.2, 0.25) is 10.0 Å². The highest BCUT2D eigenvalue weighted by Gasteiger charge is 2.24. The number of rotatable bonds is 8. The van der Waals surface area contributed by atoms with Gasteiger partial charge in [0, 0.05) is 6.54 Å². The molecule has 0 unspecified atom stereocenters. The maximum atomic E-state index is 13.0. The molecule has 0 saturated heterocycles. The van der Waals surface area contributed by atoms with Gasteiger partial charge in [-0.25, -0.2) is 17.8 Å². The normalized spacial score (nSPS) is 11.6. The fourth-order valence-corrected chi connectivity index (χ4v) is 5.07. The van der Waals surface area contributed by atoms with E-state index in [1.54, 1.807) is 10.9 Å². The quantitative estimate of drug-likeness (QED) is 0.424. The van der Waals surface area contributed by atoms with Gasteiger partial charge in [0.15, 0.2) is 0 Å². The Balaban J connectivity index is 1.56. The summed E-state index contributed by atoms with van der Waals surface area (Å²) in [6.45, 7) is 0.373. The molecule has 0 aliphatic carbocycles. The predicted molar refractivity (Wildman–Crippen MR) is 117 cm³/mol. The number of aromatic nitrogens is 2. The minimum Gasteiger partial charge on any atom is -0.239 e. The third-order valence-corrected chi connectivity index (χ3v) is 6.86. The molecule has 0 atom stereocenters. The van der Waals surface area contributed by atoms with E-state index >= 15 is 0 Å². The number of para-hydroxylation sites is 1. The van der Waals surface area contributed by atoms with E-state index in [2.05, 4.69) is 9.82 Å². The topological polar surface area (TPSA) is 64.0 Å². The van der Waals surface area contributed by atoms with Crippen LogP contribution in [0.3, 0.4) is 0 Å². The minimum absolute atomic E-state index is 0.198. The summed E-state index contributed by atoms with van der Waals surface area (Å²) < 4.78 is 30.4. The molecule has 0 aliphatic heterocycles. The van der Waals surface area contributed by atoms with Gasteiger partial charge in [0.1, 0.15) is 10.6 Å². The van der Waals surface area contributed by atoms with E-state index in [0.717, 1.165) is 23.4 Å². The maximum absolute atomic E-state index is 13.0. The zero-order valence-corrected chi connectivity index (χ0v) is 17.4. The Bertz CT molecular complexity index is 1150. The first kappa shape index (κ1) is 19.6. The van der Waals surface area contributed by atoms with Crippen LogP contribution in [-0.4, -0.2) is 24.7 Å². The Morgan fingerprint density at radius 1 is 0.931 bits per heavy atom. The summed E-state index contributed by atoms with van der Waals surface area (Å²) in [4.78, 5) is 1.02. The van der Waals surface area contributed by atoms with Crippen molar-refractivity contribution in [2.24, 2.45) is 0 Å². The van der Waals surface area contributed by atoms with E-state index in [1.807, 2.05) is 78.2 Å². The summed E-state index contributed by atoms with van der Waals surface area (Å²) in [6.07, 6.45) is 3.14. The summed E-state index contributed by atoms with van der Waals surface area (Å²) in [6, 6.07) is 23.3. The van der Waals surface area contributed by atoms with Gasteiger partial charge in [-0.15, -0.1) is 11.3 Å². The molecule has 2 aromatic carbocycles. The van der Waals surface area contributed by atoms with Crippen molar-refractivity contribution in [2.45, 2.75) is 17.7 Å². The molecule has 7 heteroatoms. The van der Waals surface area contributed by atoms with Crippen molar-refractivity contribution >= 4 is 21.4 Å². The van der Waals surface area contributed by atoms with Gasteiger partial charge in [0.25, 0.3) is 0 Å². The van der Waals surface area contributed by atoms with E-state index in [1.165, 1.54) is 16.9 Å². The Morgan fingerprint density at radius 3 is 2.34 bits per heavy atom. The number of hydrogen-bond donors (Lipinski definition) is 1. The molecule has 5 nitrogen and oxygen atoms in total. The van der Waals surface area contributed by atoms with Crippen LogP contribution in [0.2, 0.25) is 0 Å². The second kappa shape index (κ2) is 8.73. The SMILES string of the molecule is O=S(=O)(NCCCc1ccccc1)c1cn(-c2ccccc2)nc1-c1cccs1. The highest BCUT2D eigenvalue weighted by molar-refractivity contribution is 7.89. The molecular weight excluding hydrogens is 402 g/mol. The third-order valence-electron chi connectivity index (χ3n) is 4.52. The van der Waals surface area contributed by atoms with Gasteiger partial charge >= 0.3 is 0 Å². The van der Waals surface area contributed by atoms with Crippen molar-refractivity contribution in [3.8, 4) is 16.3 Å². The first-order chi connectivity index (χ1) is 14.1. The molecule has 0 fully saturated rings. The van der Waals surface area contributed by atoms with E-state index in [-0.39, 0.29) is 4.90 Å². The summed E-state index contributed by atoms with van der Waals surface area (Å²) in [5.41, 5.74) is 2.48. The van der Waals surface area contributed by atoms with Crippen molar-refractivity contribution in [1.29, 1.82) is 0 Å². The molecule has 0 radical (unpaired) electrons. The average molecular weight is 424 g/mol. The molecule has 0 bridgehead atoms. The van der Waals surface area contributed by atoms with Gasteiger partial charge < -0.3 is 0 Å². The van der Waals surface area contributed by atoms with Crippen molar-refractivity contribution in [3.05, 3.63) is 89.9 Å². The minimum atomic E-state index is -3.69. The Morgan fingerprint density at radius 2 is 1.66 bits per heavy atom. The third kappa shape index (κ3) is 4.64. The number of hydrogen-bond acceptors (Lipinski definition) is 4. The molecule has 2 aromatic heterocycles. The number of sulfonamides is 1. The van der Waals surface area contributed by atoms with Crippen LogP contribution in [0.1, 0.15) is 12.0 Å². The standard InChI is InChI=1S/C22H21N3O2S2/c26-29(27,23-15-7-11-18-9-3-1-4-10-18)21-17-25(19-12-5-2-6-13-19)24-22(21)20-14-8-16-28-20/h1-6,8-10,12-14,16-17,23H,7,11,15H2. The van der Waals surface area contributed by atoms with Gasteiger partial charge in [-0.05, 0) is 42.0 Å². The number of thiophene rings is 1. The van der Waals surface area contributed by atoms with Crippen LogP contribution in [-0.2, 0) is 16.4 Å². The average Bonchev–Trinajstić information content (AvgIpc) is 3.43. The predicted octanol–water partition coefficient (Wildman–Crippen LogP) is 4.51. The van der Waals surface area contributed by atoms with Gasteiger partial charge in [-0.2, -0.15) is 5.10 Å².